The van der Waals surface area contributed by atoms with Gasteiger partial charge in [-0.05, 0) is 42.0 Å². The molecule has 4 heterocycles. The zero-order valence-corrected chi connectivity index (χ0v) is 19.8. The molecule has 1 aliphatic rings. The van der Waals surface area contributed by atoms with Crippen LogP contribution in [0.15, 0.2) is 91.3 Å². The van der Waals surface area contributed by atoms with Crippen LogP contribution >= 0.6 is 0 Å². The van der Waals surface area contributed by atoms with Crippen LogP contribution in [0.4, 0.5) is 0 Å². The molecule has 0 amide bonds. The number of imidazole rings is 1. The highest BCUT2D eigenvalue weighted by Crippen LogP contribution is 2.37. The lowest BCUT2D eigenvalue weighted by Crippen LogP contribution is -2.35. The number of pyridine rings is 2. The summed E-state index contributed by atoms with van der Waals surface area (Å²) in [5.41, 5.74) is 7.21. The Morgan fingerprint density at radius 3 is 2.14 bits per heavy atom. The maximum absolute atomic E-state index is 5.50. The summed E-state index contributed by atoms with van der Waals surface area (Å²) in [6.07, 6.45) is 3.66. The van der Waals surface area contributed by atoms with Gasteiger partial charge in [0.2, 0.25) is 0 Å². The van der Waals surface area contributed by atoms with E-state index in [1.54, 1.807) is 0 Å². The van der Waals surface area contributed by atoms with Crippen LogP contribution in [0.3, 0.4) is 0 Å². The number of nitrogens with zero attached hydrogens (tertiary/aromatic N) is 5. The van der Waals surface area contributed by atoms with Crippen LogP contribution in [0.25, 0.3) is 49.9 Å². The van der Waals surface area contributed by atoms with E-state index < -0.39 is 0 Å². The summed E-state index contributed by atoms with van der Waals surface area (Å²) in [5.74, 6) is 0.913. The van der Waals surface area contributed by atoms with E-state index in [1.165, 1.54) is 5.56 Å². The fourth-order valence-corrected chi connectivity index (χ4v) is 5.23. The lowest BCUT2D eigenvalue weighted by molar-refractivity contribution is 0.0342. The van der Waals surface area contributed by atoms with Gasteiger partial charge in [0.05, 0.1) is 35.3 Å². The number of rotatable bonds is 4. The molecule has 6 aromatic rings. The van der Waals surface area contributed by atoms with Crippen LogP contribution in [0.2, 0.25) is 0 Å². The lowest BCUT2D eigenvalue weighted by atomic mass is 10.1. The molecule has 176 valence electrons. The Morgan fingerprint density at radius 2 is 1.39 bits per heavy atom. The molecule has 1 aliphatic heterocycles. The summed E-state index contributed by atoms with van der Waals surface area (Å²) in [7, 11) is 0. The molecule has 0 spiro atoms. The van der Waals surface area contributed by atoms with Crippen LogP contribution in [-0.2, 0) is 11.3 Å². The maximum atomic E-state index is 5.50. The zero-order valence-electron chi connectivity index (χ0n) is 19.8. The zero-order chi connectivity index (χ0) is 23.9. The summed E-state index contributed by atoms with van der Waals surface area (Å²) < 4.78 is 7.76. The van der Waals surface area contributed by atoms with E-state index in [4.69, 9.17) is 14.7 Å². The Hall–Kier alpha value is -4.13. The SMILES string of the molecule is c1ccc(-n2c(-c3ccc(CN4CCOCC4)cc3)nc3c4cccnc4c4ncccc4c32)cc1. The maximum Gasteiger partial charge on any atom is 0.145 e. The number of aromatic nitrogens is 4. The van der Waals surface area contributed by atoms with E-state index in [0.29, 0.717) is 0 Å². The highest BCUT2D eigenvalue weighted by Gasteiger charge is 2.21. The van der Waals surface area contributed by atoms with Crippen LogP contribution in [0.1, 0.15) is 5.56 Å². The summed E-state index contributed by atoms with van der Waals surface area (Å²) in [5, 5.41) is 2.06. The Kier molecular flexibility index (Phi) is 5.19. The number of morpholine rings is 1. The number of benzene rings is 3. The average Bonchev–Trinajstić information content (AvgIpc) is 3.36. The van der Waals surface area contributed by atoms with Crippen molar-refractivity contribution < 1.29 is 4.74 Å². The number of hydrogen-bond donors (Lipinski definition) is 0. The smallest absolute Gasteiger partial charge is 0.145 e. The van der Waals surface area contributed by atoms with Gasteiger partial charge in [0.1, 0.15) is 5.82 Å². The third kappa shape index (κ3) is 3.54. The summed E-state index contributed by atoms with van der Waals surface area (Å²) in [6, 6.07) is 27.4. The molecule has 0 bridgehead atoms. The molecule has 0 saturated carbocycles. The van der Waals surface area contributed by atoms with Crippen molar-refractivity contribution in [3.8, 4) is 17.1 Å². The number of para-hydroxylation sites is 1. The second-order valence-corrected chi connectivity index (χ2v) is 9.19. The van der Waals surface area contributed by atoms with E-state index in [1.807, 2.05) is 30.6 Å². The molecular formula is C30H25N5O. The van der Waals surface area contributed by atoms with Crippen LogP contribution < -0.4 is 0 Å². The lowest BCUT2D eigenvalue weighted by Gasteiger charge is -2.26. The van der Waals surface area contributed by atoms with E-state index in [0.717, 1.165) is 82.8 Å². The minimum Gasteiger partial charge on any atom is -0.379 e. The molecule has 0 N–H and O–H groups in total. The van der Waals surface area contributed by atoms with Crippen LogP contribution in [-0.4, -0.2) is 50.7 Å². The van der Waals surface area contributed by atoms with Crippen molar-refractivity contribution in [2.75, 3.05) is 26.3 Å². The third-order valence-corrected chi connectivity index (χ3v) is 6.96. The van der Waals surface area contributed by atoms with Crippen LogP contribution in [0, 0.1) is 0 Å². The standard InChI is InChI=1S/C30H25N5O/c1-2-6-23(7-3-1)35-29-25-9-5-15-32-27(25)26-24(8-4-14-31-26)28(29)33-30(35)22-12-10-21(11-13-22)20-34-16-18-36-19-17-34/h1-15H,16-20H2. The first-order valence-electron chi connectivity index (χ1n) is 12.4. The van der Waals surface area contributed by atoms with Gasteiger partial charge in [-0.3, -0.25) is 19.4 Å². The molecule has 1 fully saturated rings. The number of hydrogen-bond acceptors (Lipinski definition) is 5. The molecule has 0 radical (unpaired) electrons. The van der Waals surface area contributed by atoms with Crippen molar-refractivity contribution in [1.82, 2.24) is 24.4 Å². The van der Waals surface area contributed by atoms with Gasteiger partial charge in [-0.1, -0.05) is 42.5 Å². The van der Waals surface area contributed by atoms with Gasteiger partial charge in [-0.25, -0.2) is 4.98 Å². The van der Waals surface area contributed by atoms with Crippen LogP contribution in [0.5, 0.6) is 0 Å². The first-order valence-corrected chi connectivity index (χ1v) is 12.4. The van der Waals surface area contributed by atoms with Crippen molar-refractivity contribution in [3.05, 3.63) is 96.8 Å². The topological polar surface area (TPSA) is 56.1 Å². The molecule has 6 heteroatoms. The van der Waals surface area contributed by atoms with Crippen molar-refractivity contribution in [1.29, 1.82) is 0 Å². The molecular weight excluding hydrogens is 446 g/mol. The third-order valence-electron chi connectivity index (χ3n) is 6.96. The molecule has 6 nitrogen and oxygen atoms in total. The van der Waals surface area contributed by atoms with E-state index in [-0.39, 0.29) is 0 Å². The number of ether oxygens (including phenoxy) is 1. The van der Waals surface area contributed by atoms with Gasteiger partial charge in [0, 0.05) is 54.1 Å². The fourth-order valence-electron chi connectivity index (χ4n) is 5.23. The van der Waals surface area contributed by atoms with Gasteiger partial charge in [-0.15, -0.1) is 0 Å². The molecule has 0 unspecified atom stereocenters. The summed E-state index contributed by atoms with van der Waals surface area (Å²) in [6.45, 7) is 4.52. The second kappa shape index (κ2) is 8.82. The van der Waals surface area contributed by atoms with E-state index in [2.05, 4.69) is 75.1 Å². The monoisotopic (exact) mass is 471 g/mol. The van der Waals surface area contributed by atoms with Gasteiger partial charge < -0.3 is 4.74 Å². The van der Waals surface area contributed by atoms with Gasteiger partial charge in [0.15, 0.2) is 0 Å². The highest BCUT2D eigenvalue weighted by molar-refractivity contribution is 6.21. The van der Waals surface area contributed by atoms with Gasteiger partial charge >= 0.3 is 0 Å². The molecule has 7 rings (SSSR count). The predicted molar refractivity (Wildman–Crippen MR) is 143 cm³/mol. The van der Waals surface area contributed by atoms with Gasteiger partial charge in [-0.2, -0.15) is 0 Å². The largest absolute Gasteiger partial charge is 0.379 e. The Balaban J connectivity index is 1.46. The first kappa shape index (κ1) is 21.2. The predicted octanol–water partition coefficient (Wildman–Crippen LogP) is 5.62. The average molecular weight is 472 g/mol. The van der Waals surface area contributed by atoms with E-state index in [9.17, 15) is 0 Å². The fraction of sp³-hybridized carbons (Fsp3) is 0.167. The number of fused-ring (bicyclic) bond motifs is 6. The summed E-state index contributed by atoms with van der Waals surface area (Å²) >= 11 is 0. The second-order valence-electron chi connectivity index (χ2n) is 9.19. The Labute approximate surface area is 208 Å². The molecule has 36 heavy (non-hydrogen) atoms. The molecule has 3 aromatic carbocycles. The minimum absolute atomic E-state index is 0.810. The molecule has 1 saturated heterocycles. The molecule has 3 aromatic heterocycles. The van der Waals surface area contributed by atoms with Gasteiger partial charge in [0.25, 0.3) is 0 Å². The summed E-state index contributed by atoms with van der Waals surface area (Å²) in [4.78, 5) is 17.1. The van der Waals surface area contributed by atoms with Crippen molar-refractivity contribution >= 4 is 32.8 Å². The molecule has 0 aliphatic carbocycles. The first-order chi connectivity index (χ1) is 17.9. The minimum atomic E-state index is 0.810. The van der Waals surface area contributed by atoms with Crippen molar-refractivity contribution in [2.45, 2.75) is 6.54 Å². The Morgan fingerprint density at radius 1 is 0.694 bits per heavy atom. The normalized spacial score (nSPS) is 14.7. The van der Waals surface area contributed by atoms with Crippen molar-refractivity contribution in [2.24, 2.45) is 0 Å². The van der Waals surface area contributed by atoms with Crippen molar-refractivity contribution in [3.63, 3.8) is 0 Å². The Bertz CT molecular complexity index is 1690. The van der Waals surface area contributed by atoms with E-state index >= 15 is 0 Å². The molecule has 0 atom stereocenters. The quantitative estimate of drug-likeness (QED) is 0.312. The highest BCUT2D eigenvalue weighted by atomic mass is 16.5.